The summed E-state index contributed by atoms with van der Waals surface area (Å²) < 4.78 is 21.9. The third kappa shape index (κ3) is 4.21. The van der Waals surface area contributed by atoms with Crippen molar-refractivity contribution >= 4 is 11.7 Å². The monoisotopic (exact) mass is 409 g/mol. The van der Waals surface area contributed by atoms with Crippen LogP contribution >= 0.6 is 0 Å². The zero-order valence-electron chi connectivity index (χ0n) is 15.6. The van der Waals surface area contributed by atoms with Crippen LogP contribution in [-0.2, 0) is 20.8 Å². The van der Waals surface area contributed by atoms with Crippen LogP contribution in [0.5, 0.6) is 11.5 Å². The molecule has 1 aromatic carbocycles. The van der Waals surface area contributed by atoms with Gasteiger partial charge in [-0.2, -0.15) is 0 Å². The van der Waals surface area contributed by atoms with Gasteiger partial charge in [0.2, 0.25) is 12.7 Å². The normalized spacial score (nSPS) is 32.0. The molecule has 4 rings (SSSR count). The van der Waals surface area contributed by atoms with Gasteiger partial charge in [0.05, 0.1) is 25.2 Å². The third-order valence-corrected chi connectivity index (χ3v) is 5.26. The quantitative estimate of drug-likeness (QED) is 0.505. The molecule has 5 atom stereocenters. The van der Waals surface area contributed by atoms with Gasteiger partial charge in [-0.25, -0.2) is 0 Å². The number of Topliss-reactive ketones (excluding diaryl/α,β-unsaturated/α-hetero) is 1. The number of ketones is 1. The molecule has 158 valence electrons. The minimum absolute atomic E-state index is 0.0424. The van der Waals surface area contributed by atoms with E-state index >= 15 is 0 Å². The largest absolute Gasteiger partial charge is 0.454 e. The molecule has 3 heterocycles. The van der Waals surface area contributed by atoms with E-state index in [2.05, 4.69) is 5.32 Å². The van der Waals surface area contributed by atoms with Gasteiger partial charge in [-0.1, -0.05) is 0 Å². The molecule has 0 radical (unpaired) electrons. The van der Waals surface area contributed by atoms with Gasteiger partial charge < -0.3 is 39.6 Å². The molecule has 3 aliphatic heterocycles. The Bertz CT molecular complexity index is 798. The molecule has 0 aliphatic carbocycles. The Labute approximate surface area is 166 Å². The van der Waals surface area contributed by atoms with Gasteiger partial charge in [0.15, 0.2) is 23.6 Å². The second kappa shape index (κ2) is 8.25. The Hall–Kier alpha value is -2.24. The maximum Gasteiger partial charge on any atom is 0.231 e. The number of carbonyl (C=O) groups excluding carboxylic acids is 2. The van der Waals surface area contributed by atoms with Crippen LogP contribution in [0.1, 0.15) is 35.2 Å². The first-order chi connectivity index (χ1) is 13.9. The molecule has 1 aromatic rings. The molecule has 10 nitrogen and oxygen atoms in total. The van der Waals surface area contributed by atoms with E-state index in [1.807, 2.05) is 0 Å². The van der Waals surface area contributed by atoms with Gasteiger partial charge in [0, 0.05) is 24.9 Å². The fourth-order valence-electron chi connectivity index (χ4n) is 3.72. The van der Waals surface area contributed by atoms with E-state index in [-0.39, 0.29) is 44.3 Å². The highest BCUT2D eigenvalue weighted by Gasteiger charge is 2.38. The molecule has 29 heavy (non-hydrogen) atoms. The van der Waals surface area contributed by atoms with Gasteiger partial charge in [0.1, 0.15) is 12.2 Å². The summed E-state index contributed by atoms with van der Waals surface area (Å²) in [4.78, 5) is 25.2. The zero-order valence-corrected chi connectivity index (χ0v) is 15.6. The molecule has 10 heteroatoms. The summed E-state index contributed by atoms with van der Waals surface area (Å²) in [5.74, 6) is 0.466. The summed E-state index contributed by atoms with van der Waals surface area (Å²) in [6, 6.07) is 3.29. The van der Waals surface area contributed by atoms with E-state index < -0.39 is 37.3 Å². The first kappa shape index (κ1) is 20.0. The maximum atomic E-state index is 12.9. The van der Waals surface area contributed by atoms with E-state index in [0.717, 1.165) is 0 Å². The summed E-state index contributed by atoms with van der Waals surface area (Å²) >= 11 is 0. The molecule has 0 saturated carbocycles. The second-order valence-electron chi connectivity index (χ2n) is 7.31. The van der Waals surface area contributed by atoms with Crippen molar-refractivity contribution in [2.75, 3.05) is 13.4 Å². The fourth-order valence-corrected chi connectivity index (χ4v) is 3.72. The van der Waals surface area contributed by atoms with Gasteiger partial charge in [-0.05, 0) is 17.7 Å². The first-order valence-corrected chi connectivity index (χ1v) is 9.45. The minimum Gasteiger partial charge on any atom is -0.454 e. The SMILES string of the molecule is O=C1CC(OC2CC(O)C(O)C(CO)O2)CC(=O)c2cc3c(cc2CN1)OCO3. The lowest BCUT2D eigenvalue weighted by molar-refractivity contribution is -0.268. The summed E-state index contributed by atoms with van der Waals surface area (Å²) in [6.45, 7) is -0.257. The number of aliphatic hydroxyl groups is 3. The average Bonchev–Trinajstić information content (AvgIpc) is 3.16. The Balaban J connectivity index is 1.52. The number of hydrogen-bond acceptors (Lipinski definition) is 9. The number of aliphatic hydroxyl groups excluding tert-OH is 3. The lowest BCUT2D eigenvalue weighted by Gasteiger charge is -2.37. The number of benzene rings is 1. The number of fused-ring (bicyclic) bond motifs is 2. The van der Waals surface area contributed by atoms with Crippen LogP contribution < -0.4 is 14.8 Å². The number of ether oxygens (including phenoxy) is 4. The topological polar surface area (TPSA) is 144 Å². The van der Waals surface area contributed by atoms with Crippen LogP contribution in [-0.4, -0.2) is 71.1 Å². The number of nitrogens with one attached hydrogen (secondary N) is 1. The highest BCUT2D eigenvalue weighted by atomic mass is 16.7. The Morgan fingerprint density at radius 1 is 1.14 bits per heavy atom. The third-order valence-electron chi connectivity index (χ3n) is 5.26. The predicted octanol–water partition coefficient (Wildman–Crippen LogP) is -0.778. The smallest absolute Gasteiger partial charge is 0.231 e. The first-order valence-electron chi connectivity index (χ1n) is 9.45. The van der Waals surface area contributed by atoms with E-state index in [0.29, 0.717) is 22.6 Å². The molecule has 0 bridgehead atoms. The summed E-state index contributed by atoms with van der Waals surface area (Å²) in [7, 11) is 0. The number of amides is 1. The van der Waals surface area contributed by atoms with Crippen LogP contribution in [0.3, 0.4) is 0 Å². The zero-order chi connectivity index (χ0) is 20.5. The van der Waals surface area contributed by atoms with E-state index in [1.165, 1.54) is 0 Å². The molecule has 5 unspecified atom stereocenters. The number of rotatable bonds is 3. The molecule has 0 aromatic heterocycles. The standard InChI is InChI=1S/C19H23NO9/c21-7-16-19(25)13(23)5-18(29-16)28-10-2-12(22)11-4-15-14(26-8-27-15)1-9(11)6-20-17(24)3-10/h1,4,10,13,16,18-19,21,23,25H,2-3,5-8H2,(H,20,24). The van der Waals surface area contributed by atoms with Crippen LogP contribution in [0.25, 0.3) is 0 Å². The molecule has 4 N–H and O–H groups in total. The van der Waals surface area contributed by atoms with Crippen LogP contribution in [0, 0.1) is 0 Å². The average molecular weight is 409 g/mol. The van der Waals surface area contributed by atoms with Gasteiger partial charge in [-0.3, -0.25) is 9.59 Å². The van der Waals surface area contributed by atoms with E-state index in [1.54, 1.807) is 12.1 Å². The van der Waals surface area contributed by atoms with Crippen molar-refractivity contribution < 1.29 is 43.9 Å². The van der Waals surface area contributed by atoms with E-state index in [4.69, 9.17) is 18.9 Å². The van der Waals surface area contributed by atoms with Crippen molar-refractivity contribution in [2.24, 2.45) is 0 Å². The minimum atomic E-state index is -1.23. The van der Waals surface area contributed by atoms with E-state index in [9.17, 15) is 24.9 Å². The fraction of sp³-hybridized carbons (Fsp3) is 0.579. The highest BCUT2D eigenvalue weighted by molar-refractivity contribution is 5.99. The number of carbonyl (C=O) groups is 2. The van der Waals surface area contributed by atoms with Crippen molar-refractivity contribution in [2.45, 2.75) is 56.5 Å². The molecular formula is C19H23NO9. The molecule has 1 amide bonds. The summed E-state index contributed by atoms with van der Waals surface area (Å²) in [5.41, 5.74) is 1.04. The second-order valence-corrected chi connectivity index (χ2v) is 7.31. The highest BCUT2D eigenvalue weighted by Crippen LogP contribution is 2.36. The molecule has 1 fully saturated rings. The molecular weight excluding hydrogens is 386 g/mol. The predicted molar refractivity (Wildman–Crippen MR) is 95.2 cm³/mol. The summed E-state index contributed by atoms with van der Waals surface area (Å²) in [5, 5.41) is 31.8. The Morgan fingerprint density at radius 3 is 2.66 bits per heavy atom. The molecule has 0 spiro atoms. The summed E-state index contributed by atoms with van der Waals surface area (Å²) in [6.07, 6.45) is -5.35. The lowest BCUT2D eigenvalue weighted by atomic mass is 9.98. The molecule has 3 aliphatic rings. The van der Waals surface area contributed by atoms with Crippen LogP contribution in [0.2, 0.25) is 0 Å². The van der Waals surface area contributed by atoms with Crippen LogP contribution in [0.15, 0.2) is 12.1 Å². The van der Waals surface area contributed by atoms with Crippen molar-refractivity contribution in [1.82, 2.24) is 5.32 Å². The Morgan fingerprint density at radius 2 is 1.90 bits per heavy atom. The Kier molecular flexibility index (Phi) is 5.70. The molecule has 1 saturated heterocycles. The van der Waals surface area contributed by atoms with Crippen molar-refractivity contribution in [3.8, 4) is 11.5 Å². The van der Waals surface area contributed by atoms with Gasteiger partial charge in [-0.15, -0.1) is 0 Å². The van der Waals surface area contributed by atoms with Crippen LogP contribution in [0.4, 0.5) is 0 Å². The maximum absolute atomic E-state index is 12.9. The lowest BCUT2D eigenvalue weighted by Crippen LogP contribution is -2.51. The van der Waals surface area contributed by atoms with Gasteiger partial charge >= 0.3 is 0 Å². The van der Waals surface area contributed by atoms with Crippen molar-refractivity contribution in [3.05, 3.63) is 23.3 Å². The number of hydrogen-bond donors (Lipinski definition) is 4. The van der Waals surface area contributed by atoms with Crippen molar-refractivity contribution in [3.63, 3.8) is 0 Å². The van der Waals surface area contributed by atoms with Crippen molar-refractivity contribution in [1.29, 1.82) is 0 Å². The van der Waals surface area contributed by atoms with Gasteiger partial charge in [0.25, 0.3) is 0 Å².